The minimum Gasteiger partial charge on any atom is -0.350 e. The maximum absolute atomic E-state index is 11.5. The molecule has 1 aromatic rings. The lowest BCUT2D eigenvalue weighted by Crippen LogP contribution is -2.44. The van der Waals surface area contributed by atoms with Crippen LogP contribution < -0.4 is 16.6 Å². The molecule has 0 radical (unpaired) electrons. The Morgan fingerprint density at radius 3 is 2.53 bits per heavy atom. The third-order valence-electron chi connectivity index (χ3n) is 1.65. The van der Waals surface area contributed by atoms with Gasteiger partial charge >= 0.3 is 6.03 Å². The molecule has 1 aromatic carbocycles. The maximum atomic E-state index is 11.5. The first kappa shape index (κ1) is 11.4. The highest BCUT2D eigenvalue weighted by molar-refractivity contribution is 7.98. The second kappa shape index (κ2) is 5.26. The predicted octanol–water partition coefficient (Wildman–Crippen LogP) is 0.722. The van der Waals surface area contributed by atoms with E-state index in [-0.39, 0.29) is 0 Å². The van der Waals surface area contributed by atoms with Crippen molar-refractivity contribution in [1.82, 2.24) is 10.9 Å². The minimum absolute atomic E-state index is 0.390. The number of carbonyl (C=O) groups excluding carboxylic acids is 2. The number of benzene rings is 1. The number of hydrogen-bond acceptors (Lipinski definition) is 3. The zero-order chi connectivity index (χ0) is 11.3. The van der Waals surface area contributed by atoms with E-state index in [9.17, 15) is 9.59 Å². The fourth-order valence-corrected chi connectivity index (χ4v) is 1.61. The SMILES string of the molecule is CSc1ccccc1C(=O)NNC(N)=O. The number of thioether (sulfide) groups is 1. The minimum atomic E-state index is -0.801. The molecule has 6 heteroatoms. The van der Waals surface area contributed by atoms with Gasteiger partial charge in [-0.2, -0.15) is 0 Å². The van der Waals surface area contributed by atoms with Gasteiger partial charge in [-0.05, 0) is 18.4 Å². The van der Waals surface area contributed by atoms with Crippen molar-refractivity contribution in [2.45, 2.75) is 4.90 Å². The lowest BCUT2D eigenvalue weighted by Gasteiger charge is -2.07. The zero-order valence-electron chi connectivity index (χ0n) is 8.11. The summed E-state index contributed by atoms with van der Waals surface area (Å²) >= 11 is 1.45. The topological polar surface area (TPSA) is 84.2 Å². The molecule has 0 saturated heterocycles. The number of hydrazine groups is 1. The molecule has 0 fully saturated rings. The zero-order valence-corrected chi connectivity index (χ0v) is 8.93. The second-order valence-corrected chi connectivity index (χ2v) is 3.49. The van der Waals surface area contributed by atoms with Crippen LogP contribution in [0.5, 0.6) is 0 Å². The molecule has 0 aromatic heterocycles. The van der Waals surface area contributed by atoms with Crippen LogP contribution in [0.25, 0.3) is 0 Å². The van der Waals surface area contributed by atoms with Crippen molar-refractivity contribution < 1.29 is 9.59 Å². The number of nitrogens with one attached hydrogen (secondary N) is 2. The van der Waals surface area contributed by atoms with Crippen LogP contribution in [-0.2, 0) is 0 Å². The first-order chi connectivity index (χ1) is 7.15. The van der Waals surface area contributed by atoms with Gasteiger partial charge < -0.3 is 5.73 Å². The molecule has 0 saturated carbocycles. The third-order valence-corrected chi connectivity index (χ3v) is 2.45. The quantitative estimate of drug-likeness (QED) is 0.512. The van der Waals surface area contributed by atoms with Crippen LogP contribution in [0.4, 0.5) is 4.79 Å². The Bertz CT molecular complexity index is 381. The van der Waals surface area contributed by atoms with Gasteiger partial charge in [0.1, 0.15) is 0 Å². The lowest BCUT2D eigenvalue weighted by molar-refractivity contribution is 0.0934. The van der Waals surface area contributed by atoms with E-state index < -0.39 is 11.9 Å². The molecule has 0 heterocycles. The van der Waals surface area contributed by atoms with Crippen molar-refractivity contribution in [1.29, 1.82) is 0 Å². The summed E-state index contributed by atoms with van der Waals surface area (Å²) in [6.45, 7) is 0. The number of urea groups is 1. The summed E-state index contributed by atoms with van der Waals surface area (Å²) in [5, 5.41) is 0. The Morgan fingerprint density at radius 1 is 1.27 bits per heavy atom. The molecule has 80 valence electrons. The molecule has 0 bridgehead atoms. The van der Waals surface area contributed by atoms with Gasteiger partial charge in [-0.25, -0.2) is 10.2 Å². The Morgan fingerprint density at radius 2 is 1.93 bits per heavy atom. The van der Waals surface area contributed by atoms with E-state index in [1.807, 2.05) is 23.8 Å². The third kappa shape index (κ3) is 3.17. The van der Waals surface area contributed by atoms with Gasteiger partial charge in [0.15, 0.2) is 0 Å². The summed E-state index contributed by atoms with van der Waals surface area (Å²) in [6.07, 6.45) is 1.87. The Kier molecular flexibility index (Phi) is 3.99. The van der Waals surface area contributed by atoms with Gasteiger partial charge in [0.2, 0.25) is 0 Å². The number of rotatable bonds is 2. The summed E-state index contributed by atoms with van der Waals surface area (Å²) in [5.74, 6) is -0.390. The van der Waals surface area contributed by atoms with E-state index in [1.165, 1.54) is 11.8 Å². The largest absolute Gasteiger partial charge is 0.350 e. The maximum Gasteiger partial charge on any atom is 0.330 e. The molecule has 1 rings (SSSR count). The van der Waals surface area contributed by atoms with E-state index in [0.717, 1.165) is 4.90 Å². The molecule has 15 heavy (non-hydrogen) atoms. The van der Waals surface area contributed by atoms with Crippen LogP contribution in [0.15, 0.2) is 29.2 Å². The summed E-state index contributed by atoms with van der Waals surface area (Å²) < 4.78 is 0. The normalized spacial score (nSPS) is 9.40. The monoisotopic (exact) mass is 225 g/mol. The van der Waals surface area contributed by atoms with Crippen molar-refractivity contribution in [3.05, 3.63) is 29.8 Å². The van der Waals surface area contributed by atoms with E-state index in [2.05, 4.69) is 5.43 Å². The first-order valence-corrected chi connectivity index (χ1v) is 5.36. The molecular weight excluding hydrogens is 214 g/mol. The number of nitrogens with two attached hydrogens (primary N) is 1. The van der Waals surface area contributed by atoms with E-state index >= 15 is 0 Å². The number of amides is 3. The van der Waals surface area contributed by atoms with Gasteiger partial charge in [-0.1, -0.05) is 12.1 Å². The van der Waals surface area contributed by atoms with Gasteiger partial charge in [0.05, 0.1) is 5.56 Å². The number of primary amides is 1. The Balaban J connectivity index is 2.77. The van der Waals surface area contributed by atoms with Crippen molar-refractivity contribution >= 4 is 23.7 Å². The first-order valence-electron chi connectivity index (χ1n) is 4.14. The molecule has 0 aliphatic carbocycles. The second-order valence-electron chi connectivity index (χ2n) is 2.64. The highest BCUT2D eigenvalue weighted by Crippen LogP contribution is 2.19. The molecule has 0 spiro atoms. The Labute approximate surface area is 91.4 Å². The highest BCUT2D eigenvalue weighted by atomic mass is 32.2. The van der Waals surface area contributed by atoms with Crippen LogP contribution in [0.3, 0.4) is 0 Å². The van der Waals surface area contributed by atoms with Gasteiger partial charge in [-0.3, -0.25) is 10.2 Å². The van der Waals surface area contributed by atoms with Crippen LogP contribution >= 0.6 is 11.8 Å². The molecule has 5 nitrogen and oxygen atoms in total. The summed E-state index contributed by atoms with van der Waals surface area (Å²) in [5.41, 5.74) is 9.54. The van der Waals surface area contributed by atoms with E-state index in [4.69, 9.17) is 5.73 Å². The average molecular weight is 225 g/mol. The summed E-state index contributed by atoms with van der Waals surface area (Å²) in [7, 11) is 0. The standard InChI is InChI=1S/C9H11N3O2S/c1-15-7-5-3-2-4-6(7)8(13)11-12-9(10)14/h2-5H,1H3,(H,11,13)(H3,10,12,14). The van der Waals surface area contributed by atoms with E-state index in [0.29, 0.717) is 5.56 Å². The molecule has 0 aliphatic rings. The van der Waals surface area contributed by atoms with Crippen LogP contribution in [0.1, 0.15) is 10.4 Å². The summed E-state index contributed by atoms with van der Waals surface area (Å²) in [4.78, 5) is 22.7. The molecular formula is C9H11N3O2S. The van der Waals surface area contributed by atoms with Gasteiger partial charge in [-0.15, -0.1) is 11.8 Å². The van der Waals surface area contributed by atoms with Crippen LogP contribution in [0.2, 0.25) is 0 Å². The van der Waals surface area contributed by atoms with Crippen molar-refractivity contribution in [2.24, 2.45) is 5.73 Å². The van der Waals surface area contributed by atoms with Gasteiger partial charge in [0.25, 0.3) is 5.91 Å². The van der Waals surface area contributed by atoms with Crippen LogP contribution in [-0.4, -0.2) is 18.2 Å². The fourth-order valence-electron chi connectivity index (χ4n) is 1.02. The number of carbonyl (C=O) groups is 2. The summed E-state index contributed by atoms with van der Waals surface area (Å²) in [6, 6.07) is 6.28. The van der Waals surface area contributed by atoms with Gasteiger partial charge in [0, 0.05) is 4.90 Å². The number of hydrogen-bond donors (Lipinski definition) is 3. The molecule has 0 unspecified atom stereocenters. The fraction of sp³-hybridized carbons (Fsp3) is 0.111. The predicted molar refractivity (Wildman–Crippen MR) is 58.4 cm³/mol. The molecule has 0 aliphatic heterocycles. The lowest BCUT2D eigenvalue weighted by atomic mass is 10.2. The molecule has 4 N–H and O–H groups in total. The Hall–Kier alpha value is -1.69. The highest BCUT2D eigenvalue weighted by Gasteiger charge is 2.09. The molecule has 0 atom stereocenters. The van der Waals surface area contributed by atoms with E-state index in [1.54, 1.807) is 12.1 Å². The van der Waals surface area contributed by atoms with Crippen molar-refractivity contribution in [2.75, 3.05) is 6.26 Å². The smallest absolute Gasteiger partial charge is 0.330 e. The molecule has 3 amide bonds. The average Bonchev–Trinajstić information content (AvgIpc) is 2.25. The van der Waals surface area contributed by atoms with Crippen molar-refractivity contribution in [3.8, 4) is 0 Å². The van der Waals surface area contributed by atoms with Crippen LogP contribution in [0, 0.1) is 0 Å². The van der Waals surface area contributed by atoms with Crippen molar-refractivity contribution in [3.63, 3.8) is 0 Å².